The van der Waals surface area contributed by atoms with Crippen molar-refractivity contribution in [1.29, 1.82) is 0 Å². The lowest BCUT2D eigenvalue weighted by atomic mass is 9.42. The Balaban J connectivity index is 0.881. The number of fused-ring (bicyclic) bond motifs is 7. The summed E-state index contributed by atoms with van der Waals surface area (Å²) in [4.78, 5) is 72.9. The quantitative estimate of drug-likeness (QED) is 0.0420. The fraction of sp³-hybridized carbons (Fsp3) is 0.491. The molecule has 0 amide bonds. The summed E-state index contributed by atoms with van der Waals surface area (Å²) >= 11 is 0. The molecule has 9 unspecified atom stereocenters. The van der Waals surface area contributed by atoms with Gasteiger partial charge in [0.05, 0.1) is 27.8 Å². The summed E-state index contributed by atoms with van der Waals surface area (Å²) in [5, 5.41) is 0. The van der Waals surface area contributed by atoms with Crippen LogP contribution in [0.1, 0.15) is 180 Å². The van der Waals surface area contributed by atoms with E-state index >= 15 is 0 Å². The minimum atomic E-state index is -0.774. The summed E-state index contributed by atoms with van der Waals surface area (Å²) < 4.78 is 15.3. The number of carbonyl (C=O) groups excluding carboxylic acids is 5. The van der Waals surface area contributed by atoms with Crippen LogP contribution in [0.5, 0.6) is 11.5 Å². The fourth-order valence-electron chi connectivity index (χ4n) is 14.4. The molecule has 0 radical (unpaired) electrons. The number of rotatable bonds is 13. The molecule has 0 saturated heterocycles. The van der Waals surface area contributed by atoms with Gasteiger partial charge in [-0.15, -0.1) is 0 Å². The van der Waals surface area contributed by atoms with E-state index in [1.807, 2.05) is 24.3 Å². The standard InChI is InChI=1S/C57H62O10/c1-33(2)7-6-8-34(3)47-23-24-48-44-22-15-39-31-57(28-27-55(39,4)49(44)25-26-56(47,48)5,37-11-16-40(17-12-37)64-50(58)36-10-21-43-46(30-36)54(62)66-52(43)60)38-13-18-41(19-14-38)67-63-32-35-9-20-42-45(29-35)53(61)65-51(42)59/h9-14,16-21,29-30,33-34,39,44,47-49H,6-8,15,22-28,31-32H2,1-5H3. The predicted molar refractivity (Wildman–Crippen MR) is 249 cm³/mol. The van der Waals surface area contributed by atoms with Crippen molar-refractivity contribution in [3.05, 3.63) is 129 Å². The van der Waals surface area contributed by atoms with Crippen molar-refractivity contribution in [1.82, 2.24) is 0 Å². The topological polar surface area (TPSA) is 132 Å². The van der Waals surface area contributed by atoms with E-state index in [0.717, 1.165) is 60.3 Å². The van der Waals surface area contributed by atoms with Crippen molar-refractivity contribution in [2.24, 2.45) is 52.3 Å². The van der Waals surface area contributed by atoms with Gasteiger partial charge in [-0.05, 0) is 181 Å². The molecule has 2 heterocycles. The number of carbonyl (C=O) groups is 5. The van der Waals surface area contributed by atoms with Crippen LogP contribution in [-0.4, -0.2) is 29.8 Å². The van der Waals surface area contributed by atoms with Gasteiger partial charge in [0.15, 0.2) is 5.75 Å². The Labute approximate surface area is 393 Å². The van der Waals surface area contributed by atoms with Crippen molar-refractivity contribution in [2.75, 3.05) is 0 Å². The molecular weight excluding hydrogens is 845 g/mol. The third kappa shape index (κ3) is 8.00. The maximum atomic E-state index is 13.3. The summed E-state index contributed by atoms with van der Waals surface area (Å²) in [5.41, 5.74) is 4.22. The molecule has 350 valence electrons. The first-order chi connectivity index (χ1) is 32.2. The number of hydrogen-bond acceptors (Lipinski definition) is 10. The zero-order valence-electron chi connectivity index (χ0n) is 39.4. The lowest BCUT2D eigenvalue weighted by Crippen LogP contribution is -2.55. The molecule has 4 aliphatic carbocycles. The molecule has 0 aromatic heterocycles. The molecule has 4 saturated carbocycles. The lowest BCUT2D eigenvalue weighted by Gasteiger charge is -2.63. The van der Waals surface area contributed by atoms with Gasteiger partial charge in [-0.1, -0.05) is 84.2 Å². The van der Waals surface area contributed by atoms with Crippen LogP contribution < -0.4 is 9.62 Å². The Morgan fingerprint density at radius 1 is 0.642 bits per heavy atom. The minimum Gasteiger partial charge on any atom is -0.423 e. The van der Waals surface area contributed by atoms with Gasteiger partial charge in [-0.25, -0.2) is 24.0 Å². The number of esters is 5. The van der Waals surface area contributed by atoms with Gasteiger partial charge in [-0.2, -0.15) is 4.89 Å². The van der Waals surface area contributed by atoms with Gasteiger partial charge in [0, 0.05) is 5.41 Å². The highest BCUT2D eigenvalue weighted by Crippen LogP contribution is 2.70. The molecule has 0 bridgehead atoms. The van der Waals surface area contributed by atoms with Crippen molar-refractivity contribution < 1.29 is 48.0 Å². The molecule has 10 rings (SSSR count). The molecule has 2 aliphatic heterocycles. The molecule has 9 atom stereocenters. The summed E-state index contributed by atoms with van der Waals surface area (Å²) in [6, 6.07) is 25.2. The zero-order valence-corrected chi connectivity index (χ0v) is 39.4. The van der Waals surface area contributed by atoms with Gasteiger partial charge in [-0.3, -0.25) is 0 Å². The lowest BCUT2D eigenvalue weighted by molar-refractivity contribution is -0.217. The highest BCUT2D eigenvalue weighted by molar-refractivity contribution is 6.16. The summed E-state index contributed by atoms with van der Waals surface area (Å²) in [5.74, 6) is 2.74. The zero-order chi connectivity index (χ0) is 46.8. The number of cyclic esters (lactones) is 4. The predicted octanol–water partition coefficient (Wildman–Crippen LogP) is 12.4. The first-order valence-corrected chi connectivity index (χ1v) is 24.7. The van der Waals surface area contributed by atoms with Crippen molar-refractivity contribution >= 4 is 29.8 Å². The molecule has 0 N–H and O–H groups in total. The van der Waals surface area contributed by atoms with E-state index in [1.54, 1.807) is 18.2 Å². The maximum absolute atomic E-state index is 13.3. The average molecular weight is 907 g/mol. The van der Waals surface area contributed by atoms with Crippen LogP contribution in [0.3, 0.4) is 0 Å². The maximum Gasteiger partial charge on any atom is 0.346 e. The van der Waals surface area contributed by atoms with Crippen LogP contribution in [-0.2, 0) is 26.4 Å². The second-order valence-corrected chi connectivity index (χ2v) is 21.8. The minimum absolute atomic E-state index is 0.0564. The van der Waals surface area contributed by atoms with Crippen LogP contribution in [0.15, 0.2) is 84.9 Å². The Kier molecular flexibility index (Phi) is 11.8. The molecule has 4 fully saturated rings. The molecule has 0 spiro atoms. The van der Waals surface area contributed by atoms with E-state index < -0.39 is 29.8 Å². The Morgan fingerprint density at radius 3 is 1.96 bits per heavy atom. The van der Waals surface area contributed by atoms with Gasteiger partial charge >= 0.3 is 29.8 Å². The third-order valence-electron chi connectivity index (χ3n) is 17.9. The van der Waals surface area contributed by atoms with Crippen LogP contribution in [0.25, 0.3) is 0 Å². The van der Waals surface area contributed by atoms with Crippen LogP contribution >= 0.6 is 0 Å². The number of benzene rings is 4. The van der Waals surface area contributed by atoms with Gasteiger partial charge in [0.1, 0.15) is 12.4 Å². The van der Waals surface area contributed by atoms with E-state index in [0.29, 0.717) is 28.4 Å². The monoisotopic (exact) mass is 906 g/mol. The Morgan fingerprint density at radius 2 is 1.27 bits per heavy atom. The molecule has 10 heteroatoms. The summed E-state index contributed by atoms with van der Waals surface area (Å²) in [6.07, 6.45) is 15.1. The van der Waals surface area contributed by atoms with E-state index in [1.165, 1.54) is 81.5 Å². The molecule has 67 heavy (non-hydrogen) atoms. The van der Waals surface area contributed by atoms with Gasteiger partial charge < -0.3 is 19.1 Å². The van der Waals surface area contributed by atoms with E-state index in [9.17, 15) is 24.0 Å². The van der Waals surface area contributed by atoms with Crippen molar-refractivity contribution in [3.63, 3.8) is 0 Å². The van der Waals surface area contributed by atoms with Crippen molar-refractivity contribution in [3.8, 4) is 11.5 Å². The van der Waals surface area contributed by atoms with Crippen LogP contribution in [0.2, 0.25) is 0 Å². The highest BCUT2D eigenvalue weighted by Gasteiger charge is 2.62. The average Bonchev–Trinajstić information content (AvgIpc) is 3.93. The first-order valence-electron chi connectivity index (χ1n) is 24.7. The Hall–Kier alpha value is -5.61. The first kappa shape index (κ1) is 45.2. The molecule has 4 aromatic carbocycles. The van der Waals surface area contributed by atoms with E-state index in [-0.39, 0.29) is 45.3 Å². The second kappa shape index (κ2) is 17.5. The largest absolute Gasteiger partial charge is 0.423 e. The Bertz CT molecular complexity index is 2610. The van der Waals surface area contributed by atoms with Crippen molar-refractivity contribution in [2.45, 2.75) is 124 Å². The number of ether oxygens (including phenoxy) is 3. The van der Waals surface area contributed by atoms with Crippen LogP contribution in [0.4, 0.5) is 0 Å². The fourth-order valence-corrected chi connectivity index (χ4v) is 14.4. The summed E-state index contributed by atoms with van der Waals surface area (Å²) in [6.45, 7) is 12.6. The summed E-state index contributed by atoms with van der Waals surface area (Å²) in [7, 11) is 0. The van der Waals surface area contributed by atoms with E-state index in [4.69, 9.17) is 24.0 Å². The smallest absolute Gasteiger partial charge is 0.346 e. The van der Waals surface area contributed by atoms with Gasteiger partial charge in [0.25, 0.3) is 0 Å². The highest BCUT2D eigenvalue weighted by atomic mass is 17.2. The molecule has 6 aliphatic rings. The second-order valence-electron chi connectivity index (χ2n) is 21.8. The molecule has 4 aromatic rings. The molecular formula is C57H62O10. The van der Waals surface area contributed by atoms with Gasteiger partial charge in [0.2, 0.25) is 0 Å². The van der Waals surface area contributed by atoms with Crippen LogP contribution in [0, 0.1) is 52.3 Å². The normalized spacial score (nSPS) is 29.9. The third-order valence-corrected chi connectivity index (χ3v) is 17.9. The van der Waals surface area contributed by atoms with E-state index in [2.05, 4.69) is 58.9 Å². The SMILES string of the molecule is CC(C)CCCC(C)C1CCC2C3CCC4CC(c5ccc(OOCc6ccc7c(c6)C(=O)OC7=O)cc5)(c5ccc(OC(=O)c6ccc7c(c6)C(=O)OC7=O)cc5)CCC4(C)C3CCC12C. The number of hydrogen-bond donors (Lipinski definition) is 0. The molecule has 10 nitrogen and oxygen atoms in total.